The minimum atomic E-state index is -3.14. The Balaban J connectivity index is 0.000000122. The molecule has 0 aliphatic heterocycles. The third kappa shape index (κ3) is 16.6. The molecular formula is C3H11NO3Si. The predicted octanol–water partition coefficient (Wildman–Crippen LogP) is -2.21. The van der Waals surface area contributed by atoms with Crippen molar-refractivity contribution < 1.29 is 14.4 Å². The predicted molar refractivity (Wildman–Crippen MR) is 31.0 cm³/mol. The summed E-state index contributed by atoms with van der Waals surface area (Å²) >= 11 is 0. The Morgan fingerprint density at radius 1 is 1.25 bits per heavy atom. The van der Waals surface area contributed by atoms with Gasteiger partial charge in [0.2, 0.25) is 0 Å². The largest absolute Gasteiger partial charge is 0.475 e. The lowest BCUT2D eigenvalue weighted by Gasteiger charge is -1.74. The lowest BCUT2D eigenvalue weighted by molar-refractivity contribution is 0.278. The number of nitrogens with two attached hydrogens (primary N) is 1. The van der Waals surface area contributed by atoms with Crippen LogP contribution in [0.3, 0.4) is 0 Å². The van der Waals surface area contributed by atoms with E-state index >= 15 is 0 Å². The van der Waals surface area contributed by atoms with Crippen molar-refractivity contribution in [3.63, 3.8) is 0 Å². The van der Waals surface area contributed by atoms with E-state index in [1.54, 1.807) is 0 Å². The molecule has 0 spiro atoms. The lowest BCUT2D eigenvalue weighted by atomic mass is 10.8. The van der Waals surface area contributed by atoms with Crippen molar-refractivity contribution in [3.05, 3.63) is 0 Å². The molecule has 0 amide bonds. The highest BCUT2D eigenvalue weighted by atomic mass is 28.3. The molecule has 50 valence electrons. The van der Waals surface area contributed by atoms with Crippen LogP contribution in [0, 0.1) is 0 Å². The molecule has 0 saturated heterocycles. The Labute approximate surface area is 49.5 Å². The smallest absolute Gasteiger partial charge is 0.392 e. The van der Waals surface area contributed by atoms with E-state index in [1.165, 1.54) is 12.8 Å². The van der Waals surface area contributed by atoms with Gasteiger partial charge in [-0.1, -0.05) is 0 Å². The fourth-order valence-corrected chi connectivity index (χ4v) is 0.0962. The SMILES string of the molecule is NC1CC1.O[SiH](O)O. The van der Waals surface area contributed by atoms with Gasteiger partial charge in [0.15, 0.2) is 0 Å². The van der Waals surface area contributed by atoms with Crippen LogP contribution < -0.4 is 5.73 Å². The second-order valence-electron chi connectivity index (χ2n) is 1.68. The summed E-state index contributed by atoms with van der Waals surface area (Å²) in [5.74, 6) is 0. The highest BCUT2D eigenvalue weighted by Crippen LogP contribution is 2.13. The van der Waals surface area contributed by atoms with E-state index in [0.717, 1.165) is 0 Å². The molecule has 1 fully saturated rings. The van der Waals surface area contributed by atoms with Gasteiger partial charge in [-0.25, -0.2) is 0 Å². The minimum absolute atomic E-state index is 0.583. The van der Waals surface area contributed by atoms with Gasteiger partial charge < -0.3 is 20.1 Å². The maximum absolute atomic E-state index is 7.31. The van der Waals surface area contributed by atoms with Crippen LogP contribution in [0.4, 0.5) is 0 Å². The van der Waals surface area contributed by atoms with Crippen LogP contribution in [-0.4, -0.2) is 30.0 Å². The van der Waals surface area contributed by atoms with Crippen LogP contribution in [0.15, 0.2) is 0 Å². The Morgan fingerprint density at radius 3 is 1.38 bits per heavy atom. The molecule has 0 aromatic rings. The third-order valence-electron chi connectivity index (χ3n) is 0.622. The zero-order valence-corrected chi connectivity index (χ0v) is 5.64. The highest BCUT2D eigenvalue weighted by Gasteiger charge is 2.13. The first-order valence-corrected chi connectivity index (χ1v) is 3.97. The number of rotatable bonds is 0. The van der Waals surface area contributed by atoms with Gasteiger partial charge in [-0.3, -0.25) is 0 Å². The Bertz CT molecular complexity index is 53.7. The third-order valence-corrected chi connectivity index (χ3v) is 0.622. The molecule has 4 nitrogen and oxygen atoms in total. The molecule has 1 aliphatic rings. The molecular weight excluding hydrogens is 126 g/mol. The summed E-state index contributed by atoms with van der Waals surface area (Å²) in [6.45, 7) is 0. The Hall–Kier alpha value is 0.0569. The highest BCUT2D eigenvalue weighted by molar-refractivity contribution is 6.30. The molecule has 0 atom stereocenters. The van der Waals surface area contributed by atoms with Gasteiger partial charge in [-0.15, -0.1) is 0 Å². The summed E-state index contributed by atoms with van der Waals surface area (Å²) in [4.78, 5) is 21.9. The van der Waals surface area contributed by atoms with Crippen molar-refractivity contribution in [2.75, 3.05) is 0 Å². The van der Waals surface area contributed by atoms with Gasteiger partial charge in [0, 0.05) is 6.04 Å². The summed E-state index contributed by atoms with van der Waals surface area (Å²) in [6.07, 6.45) is 2.53. The van der Waals surface area contributed by atoms with Gasteiger partial charge in [-0.05, 0) is 12.8 Å². The zero-order valence-electron chi connectivity index (χ0n) is 4.49. The summed E-state index contributed by atoms with van der Waals surface area (Å²) in [5, 5.41) is 0. The van der Waals surface area contributed by atoms with E-state index in [2.05, 4.69) is 0 Å². The summed E-state index contributed by atoms with van der Waals surface area (Å²) in [6, 6.07) is 0.583. The summed E-state index contributed by atoms with van der Waals surface area (Å²) in [7, 11) is -3.14. The van der Waals surface area contributed by atoms with Gasteiger partial charge in [0.1, 0.15) is 0 Å². The second-order valence-corrected chi connectivity index (χ2v) is 2.38. The van der Waals surface area contributed by atoms with Crippen LogP contribution in [0.25, 0.3) is 0 Å². The molecule has 0 heterocycles. The number of hydrogen-bond donors (Lipinski definition) is 4. The Morgan fingerprint density at radius 2 is 1.38 bits per heavy atom. The van der Waals surface area contributed by atoms with Crippen molar-refractivity contribution in [1.82, 2.24) is 0 Å². The van der Waals surface area contributed by atoms with Gasteiger partial charge in [-0.2, -0.15) is 0 Å². The zero-order chi connectivity index (χ0) is 6.57. The average molecular weight is 137 g/mol. The van der Waals surface area contributed by atoms with E-state index in [9.17, 15) is 0 Å². The minimum Gasteiger partial charge on any atom is -0.392 e. The molecule has 8 heavy (non-hydrogen) atoms. The first kappa shape index (κ1) is 8.06. The molecule has 0 aromatic carbocycles. The fourth-order valence-electron chi connectivity index (χ4n) is 0.0962. The Kier molecular flexibility index (Phi) is 4.02. The monoisotopic (exact) mass is 137 g/mol. The van der Waals surface area contributed by atoms with Crippen LogP contribution in [0.5, 0.6) is 0 Å². The summed E-state index contributed by atoms with van der Waals surface area (Å²) in [5.41, 5.74) is 5.22. The van der Waals surface area contributed by atoms with E-state index in [4.69, 9.17) is 20.1 Å². The molecule has 0 unspecified atom stereocenters. The maximum Gasteiger partial charge on any atom is 0.475 e. The fraction of sp³-hybridized carbons (Fsp3) is 1.00. The summed E-state index contributed by atoms with van der Waals surface area (Å²) < 4.78 is 0. The van der Waals surface area contributed by atoms with Crippen LogP contribution in [-0.2, 0) is 0 Å². The standard InChI is InChI=1S/C3H7N.H4O3Si/c4-3-1-2-3;1-4(2)3/h3H,1-2,4H2;1-4H. The second kappa shape index (κ2) is 3.99. The van der Waals surface area contributed by atoms with E-state index in [-0.39, 0.29) is 0 Å². The van der Waals surface area contributed by atoms with Gasteiger partial charge in [0.25, 0.3) is 0 Å². The molecule has 1 rings (SSSR count). The molecule has 0 aromatic heterocycles. The van der Waals surface area contributed by atoms with Crippen LogP contribution >= 0.6 is 0 Å². The average Bonchev–Trinajstić information content (AvgIpc) is 2.19. The molecule has 1 saturated carbocycles. The molecule has 1 aliphatic carbocycles. The molecule has 5 N–H and O–H groups in total. The van der Waals surface area contributed by atoms with Crippen molar-refractivity contribution in [2.24, 2.45) is 5.73 Å². The first-order valence-electron chi connectivity index (χ1n) is 2.42. The molecule has 5 heteroatoms. The number of hydrogen-bond acceptors (Lipinski definition) is 4. The van der Waals surface area contributed by atoms with Gasteiger partial charge in [0.05, 0.1) is 0 Å². The van der Waals surface area contributed by atoms with E-state index in [0.29, 0.717) is 6.04 Å². The van der Waals surface area contributed by atoms with E-state index in [1.807, 2.05) is 0 Å². The molecule has 0 bridgehead atoms. The van der Waals surface area contributed by atoms with Crippen LogP contribution in [0.2, 0.25) is 0 Å². The van der Waals surface area contributed by atoms with Crippen molar-refractivity contribution in [1.29, 1.82) is 0 Å². The van der Waals surface area contributed by atoms with E-state index < -0.39 is 9.53 Å². The van der Waals surface area contributed by atoms with Gasteiger partial charge >= 0.3 is 9.53 Å². The quantitative estimate of drug-likeness (QED) is 0.285. The maximum atomic E-state index is 7.31. The lowest BCUT2D eigenvalue weighted by Crippen LogP contribution is -2.07. The molecule has 0 radical (unpaired) electrons. The van der Waals surface area contributed by atoms with Crippen molar-refractivity contribution in [3.8, 4) is 0 Å². The topological polar surface area (TPSA) is 86.7 Å². The van der Waals surface area contributed by atoms with Crippen molar-refractivity contribution in [2.45, 2.75) is 18.9 Å². The first-order chi connectivity index (χ1) is 3.63. The van der Waals surface area contributed by atoms with Crippen LogP contribution in [0.1, 0.15) is 12.8 Å². The van der Waals surface area contributed by atoms with Crippen molar-refractivity contribution >= 4 is 9.53 Å². The normalized spacial score (nSPS) is 17.6.